The van der Waals surface area contributed by atoms with Gasteiger partial charge in [0.2, 0.25) is 5.89 Å². The molecule has 1 unspecified atom stereocenters. The van der Waals surface area contributed by atoms with Gasteiger partial charge >= 0.3 is 0 Å². The van der Waals surface area contributed by atoms with Crippen LogP contribution in [0, 0.1) is 5.92 Å². The van der Waals surface area contributed by atoms with Crippen LogP contribution in [0.1, 0.15) is 49.9 Å². The first kappa shape index (κ1) is 16.2. The molecule has 1 atom stereocenters. The van der Waals surface area contributed by atoms with Gasteiger partial charge in [0.25, 0.3) is 0 Å². The predicted molar refractivity (Wildman–Crippen MR) is 91.4 cm³/mol. The first-order valence-electron chi connectivity index (χ1n) is 8.79. The lowest BCUT2D eigenvalue weighted by Gasteiger charge is -2.30. The van der Waals surface area contributed by atoms with Crippen molar-refractivity contribution in [3.8, 4) is 0 Å². The highest BCUT2D eigenvalue weighted by Crippen LogP contribution is 2.26. The summed E-state index contributed by atoms with van der Waals surface area (Å²) in [6, 6.07) is 10.7. The van der Waals surface area contributed by atoms with E-state index >= 15 is 0 Å². The summed E-state index contributed by atoms with van der Waals surface area (Å²) in [5.74, 6) is 2.66. The van der Waals surface area contributed by atoms with E-state index in [4.69, 9.17) is 4.52 Å². The van der Waals surface area contributed by atoms with Gasteiger partial charge in [-0.05, 0) is 37.3 Å². The van der Waals surface area contributed by atoms with Crippen molar-refractivity contribution >= 4 is 0 Å². The number of hydrogen-bond donors (Lipinski definition) is 0. The summed E-state index contributed by atoms with van der Waals surface area (Å²) >= 11 is 0. The van der Waals surface area contributed by atoms with Crippen molar-refractivity contribution in [3.05, 3.63) is 47.6 Å². The van der Waals surface area contributed by atoms with Crippen LogP contribution in [0.2, 0.25) is 0 Å². The maximum atomic E-state index is 5.53. The van der Waals surface area contributed by atoms with Crippen molar-refractivity contribution in [2.45, 2.75) is 45.4 Å². The largest absolute Gasteiger partial charge is 0.339 e. The lowest BCUT2D eigenvalue weighted by atomic mass is 9.97. The third-order valence-corrected chi connectivity index (χ3v) is 4.49. The minimum absolute atomic E-state index is 0.396. The Hall–Kier alpha value is -1.68. The minimum atomic E-state index is 0.396. The van der Waals surface area contributed by atoms with E-state index in [9.17, 15) is 0 Å². The molecule has 0 saturated carbocycles. The Bertz CT molecular complexity index is 594. The zero-order chi connectivity index (χ0) is 16.1. The molecule has 0 bridgehead atoms. The van der Waals surface area contributed by atoms with Crippen molar-refractivity contribution in [2.24, 2.45) is 5.92 Å². The molecule has 23 heavy (non-hydrogen) atoms. The number of likely N-dealkylation sites (tertiary alicyclic amines) is 1. The second-order valence-corrected chi connectivity index (χ2v) is 7.02. The Kier molecular flexibility index (Phi) is 5.44. The SMILES string of the molecule is CC(C)Cc1noc(C2CCCN(CCc3ccccc3)C2)n1. The third-order valence-electron chi connectivity index (χ3n) is 4.49. The average Bonchev–Trinajstić information content (AvgIpc) is 3.02. The second-order valence-electron chi connectivity index (χ2n) is 7.02. The van der Waals surface area contributed by atoms with Crippen molar-refractivity contribution in [3.63, 3.8) is 0 Å². The molecular formula is C19H27N3O. The Labute approximate surface area is 138 Å². The van der Waals surface area contributed by atoms with E-state index in [1.165, 1.54) is 18.5 Å². The summed E-state index contributed by atoms with van der Waals surface area (Å²) < 4.78 is 5.53. The lowest BCUT2D eigenvalue weighted by molar-refractivity contribution is 0.188. The monoisotopic (exact) mass is 313 g/mol. The van der Waals surface area contributed by atoms with Gasteiger partial charge in [-0.15, -0.1) is 0 Å². The van der Waals surface area contributed by atoms with Crippen LogP contribution in [0.3, 0.4) is 0 Å². The van der Waals surface area contributed by atoms with Crippen LogP contribution in [0.25, 0.3) is 0 Å². The highest BCUT2D eigenvalue weighted by Gasteiger charge is 2.25. The molecule has 1 fully saturated rings. The van der Waals surface area contributed by atoms with Gasteiger partial charge in [-0.25, -0.2) is 0 Å². The molecule has 1 aromatic carbocycles. The summed E-state index contributed by atoms with van der Waals surface area (Å²) in [7, 11) is 0. The minimum Gasteiger partial charge on any atom is -0.339 e. The fourth-order valence-corrected chi connectivity index (χ4v) is 3.27. The Morgan fingerprint density at radius 2 is 2.09 bits per heavy atom. The predicted octanol–water partition coefficient (Wildman–Crippen LogP) is 3.69. The van der Waals surface area contributed by atoms with Gasteiger partial charge in [0.05, 0.1) is 5.92 Å². The number of nitrogens with zero attached hydrogens (tertiary/aromatic N) is 3. The normalized spacial score (nSPS) is 19.3. The quantitative estimate of drug-likeness (QED) is 0.815. The van der Waals surface area contributed by atoms with Gasteiger partial charge in [0.1, 0.15) is 0 Å². The number of rotatable bonds is 6. The standard InChI is InChI=1S/C19H27N3O/c1-15(2)13-18-20-19(23-21-18)17-9-6-11-22(14-17)12-10-16-7-4-3-5-8-16/h3-5,7-8,15,17H,6,9-14H2,1-2H3. The van der Waals surface area contributed by atoms with Crippen LogP contribution in [0.4, 0.5) is 0 Å². The topological polar surface area (TPSA) is 42.2 Å². The summed E-state index contributed by atoms with van der Waals surface area (Å²) in [5.41, 5.74) is 1.41. The van der Waals surface area contributed by atoms with Crippen molar-refractivity contribution in [2.75, 3.05) is 19.6 Å². The first-order valence-corrected chi connectivity index (χ1v) is 8.79. The molecule has 1 aliphatic rings. The fourth-order valence-electron chi connectivity index (χ4n) is 3.27. The molecular weight excluding hydrogens is 286 g/mol. The molecule has 0 spiro atoms. The molecule has 124 valence electrons. The highest BCUT2D eigenvalue weighted by atomic mass is 16.5. The lowest BCUT2D eigenvalue weighted by Crippen LogP contribution is -2.35. The van der Waals surface area contributed by atoms with E-state index in [1.54, 1.807) is 0 Å². The number of aromatic nitrogens is 2. The molecule has 2 aromatic rings. The maximum absolute atomic E-state index is 5.53. The molecule has 0 radical (unpaired) electrons. The van der Waals surface area contributed by atoms with Gasteiger partial charge in [-0.1, -0.05) is 49.3 Å². The molecule has 1 aliphatic heterocycles. The van der Waals surface area contributed by atoms with Gasteiger partial charge in [-0.2, -0.15) is 4.98 Å². The van der Waals surface area contributed by atoms with Crippen LogP contribution >= 0.6 is 0 Å². The molecule has 3 rings (SSSR count). The van der Waals surface area contributed by atoms with Crippen molar-refractivity contribution in [1.82, 2.24) is 15.0 Å². The average molecular weight is 313 g/mol. The van der Waals surface area contributed by atoms with Crippen LogP contribution in [0.15, 0.2) is 34.9 Å². The van der Waals surface area contributed by atoms with E-state index in [0.717, 1.165) is 44.1 Å². The highest BCUT2D eigenvalue weighted by molar-refractivity contribution is 5.15. The van der Waals surface area contributed by atoms with Crippen LogP contribution < -0.4 is 0 Å². The van der Waals surface area contributed by atoms with E-state index in [0.29, 0.717) is 11.8 Å². The van der Waals surface area contributed by atoms with Gasteiger partial charge < -0.3 is 9.42 Å². The molecule has 1 aromatic heterocycles. The zero-order valence-corrected chi connectivity index (χ0v) is 14.2. The van der Waals surface area contributed by atoms with Crippen LogP contribution in [-0.2, 0) is 12.8 Å². The molecule has 0 amide bonds. The van der Waals surface area contributed by atoms with Gasteiger partial charge in [-0.3, -0.25) is 0 Å². The molecule has 2 heterocycles. The van der Waals surface area contributed by atoms with Crippen LogP contribution in [0.5, 0.6) is 0 Å². The van der Waals surface area contributed by atoms with Gasteiger partial charge in [0, 0.05) is 19.5 Å². The van der Waals surface area contributed by atoms with E-state index in [2.05, 4.69) is 59.2 Å². The summed E-state index contributed by atoms with van der Waals surface area (Å²) in [6.07, 6.45) is 4.37. The zero-order valence-electron chi connectivity index (χ0n) is 14.2. The first-order chi connectivity index (χ1) is 11.2. The van der Waals surface area contributed by atoms with Gasteiger partial charge in [0.15, 0.2) is 5.82 Å². The Morgan fingerprint density at radius 3 is 2.87 bits per heavy atom. The molecule has 4 heteroatoms. The summed E-state index contributed by atoms with van der Waals surface area (Å²) in [4.78, 5) is 7.16. The summed E-state index contributed by atoms with van der Waals surface area (Å²) in [6.45, 7) is 7.68. The molecule has 4 nitrogen and oxygen atoms in total. The second kappa shape index (κ2) is 7.73. The third kappa shape index (κ3) is 4.64. The maximum Gasteiger partial charge on any atom is 0.231 e. The van der Waals surface area contributed by atoms with Crippen LogP contribution in [-0.4, -0.2) is 34.7 Å². The molecule has 0 aliphatic carbocycles. The van der Waals surface area contributed by atoms with Crippen molar-refractivity contribution in [1.29, 1.82) is 0 Å². The van der Waals surface area contributed by atoms with E-state index in [1.807, 2.05) is 0 Å². The van der Waals surface area contributed by atoms with E-state index in [-0.39, 0.29) is 0 Å². The number of hydrogen-bond acceptors (Lipinski definition) is 4. The Balaban J connectivity index is 1.54. The molecule has 1 saturated heterocycles. The van der Waals surface area contributed by atoms with E-state index < -0.39 is 0 Å². The van der Waals surface area contributed by atoms with Crippen molar-refractivity contribution < 1.29 is 4.52 Å². The smallest absolute Gasteiger partial charge is 0.231 e. The number of piperidine rings is 1. The number of benzene rings is 1. The summed E-state index contributed by atoms with van der Waals surface area (Å²) in [5, 5.41) is 4.15. The Morgan fingerprint density at radius 1 is 1.26 bits per heavy atom. The molecule has 0 N–H and O–H groups in total. The fraction of sp³-hybridized carbons (Fsp3) is 0.579.